The molecule has 0 saturated carbocycles. The number of carbonyl (C=O) groups is 2. The predicted molar refractivity (Wildman–Crippen MR) is 74.6 cm³/mol. The lowest BCUT2D eigenvalue weighted by atomic mass is 10.2. The molecule has 19 heavy (non-hydrogen) atoms. The Morgan fingerprint density at radius 2 is 2.16 bits per heavy atom. The molecule has 1 unspecified atom stereocenters. The molecule has 0 spiro atoms. The van der Waals surface area contributed by atoms with Gasteiger partial charge in [-0.25, -0.2) is 4.79 Å². The Labute approximate surface area is 116 Å². The molecule has 2 N–H and O–H groups in total. The van der Waals surface area contributed by atoms with Crippen molar-refractivity contribution < 1.29 is 14.3 Å². The van der Waals surface area contributed by atoms with Crippen LogP contribution in [0.25, 0.3) is 0 Å². The fraction of sp³-hybridized carbons (Fsp3) is 0.583. The molecule has 0 saturated heterocycles. The number of carbonyl (C=O) groups excluding carboxylic acids is 2. The second-order valence-corrected chi connectivity index (χ2v) is 4.83. The lowest BCUT2D eigenvalue weighted by Crippen LogP contribution is -2.36. The molecule has 0 aliphatic heterocycles. The highest BCUT2D eigenvalue weighted by Crippen LogP contribution is 2.24. The minimum absolute atomic E-state index is 0.290. The van der Waals surface area contributed by atoms with Gasteiger partial charge < -0.3 is 15.4 Å². The zero-order valence-electron chi connectivity index (χ0n) is 11.6. The zero-order valence-corrected chi connectivity index (χ0v) is 12.4. The van der Waals surface area contributed by atoms with E-state index in [0.29, 0.717) is 22.8 Å². The summed E-state index contributed by atoms with van der Waals surface area (Å²) < 4.78 is 9.24. The molecule has 1 amide bonds. The van der Waals surface area contributed by atoms with Gasteiger partial charge in [0.1, 0.15) is 10.6 Å². The van der Waals surface area contributed by atoms with Gasteiger partial charge in [0.05, 0.1) is 5.69 Å². The number of hydrogen-bond acceptors (Lipinski definition) is 6. The SMILES string of the molecule is CCCNC(=O)C(C)OC(=O)c1c(C)nsc1NC. The quantitative estimate of drug-likeness (QED) is 0.775. The highest BCUT2D eigenvalue weighted by Gasteiger charge is 2.23. The van der Waals surface area contributed by atoms with Crippen LogP contribution in [0.15, 0.2) is 0 Å². The van der Waals surface area contributed by atoms with Crippen molar-refractivity contribution in [3.63, 3.8) is 0 Å². The van der Waals surface area contributed by atoms with E-state index < -0.39 is 12.1 Å². The molecule has 0 bridgehead atoms. The fourth-order valence-corrected chi connectivity index (χ4v) is 2.18. The first-order valence-electron chi connectivity index (χ1n) is 6.14. The molecule has 1 atom stereocenters. The van der Waals surface area contributed by atoms with E-state index >= 15 is 0 Å². The minimum atomic E-state index is -0.817. The van der Waals surface area contributed by atoms with E-state index in [1.165, 1.54) is 11.5 Å². The highest BCUT2D eigenvalue weighted by atomic mass is 32.1. The van der Waals surface area contributed by atoms with E-state index in [1.54, 1.807) is 20.9 Å². The van der Waals surface area contributed by atoms with E-state index in [0.717, 1.165) is 6.42 Å². The van der Waals surface area contributed by atoms with Crippen molar-refractivity contribution in [2.75, 3.05) is 18.9 Å². The first kappa shape index (κ1) is 15.4. The summed E-state index contributed by atoms with van der Waals surface area (Å²) in [5.41, 5.74) is 0.989. The molecule has 0 aromatic carbocycles. The van der Waals surface area contributed by atoms with Crippen LogP contribution >= 0.6 is 11.5 Å². The van der Waals surface area contributed by atoms with Gasteiger partial charge in [0.15, 0.2) is 6.10 Å². The van der Waals surface area contributed by atoms with E-state index in [1.807, 2.05) is 6.92 Å². The van der Waals surface area contributed by atoms with Crippen molar-refractivity contribution in [1.29, 1.82) is 0 Å². The average Bonchev–Trinajstić information content (AvgIpc) is 2.76. The Morgan fingerprint density at radius 3 is 2.74 bits per heavy atom. The summed E-state index contributed by atoms with van der Waals surface area (Å²) in [6.45, 7) is 5.81. The molecule has 1 rings (SSSR count). The summed E-state index contributed by atoms with van der Waals surface area (Å²) in [7, 11) is 1.71. The van der Waals surface area contributed by atoms with Crippen LogP contribution in [-0.2, 0) is 9.53 Å². The molecular weight excluding hydrogens is 266 g/mol. The third kappa shape index (κ3) is 3.92. The molecule has 7 heteroatoms. The maximum Gasteiger partial charge on any atom is 0.343 e. The van der Waals surface area contributed by atoms with Crippen molar-refractivity contribution >= 4 is 28.4 Å². The van der Waals surface area contributed by atoms with Crippen LogP contribution in [0.4, 0.5) is 5.00 Å². The third-order valence-corrected chi connectivity index (χ3v) is 3.45. The fourth-order valence-electron chi connectivity index (χ4n) is 1.45. The van der Waals surface area contributed by atoms with E-state index in [-0.39, 0.29) is 5.91 Å². The smallest absolute Gasteiger partial charge is 0.343 e. The van der Waals surface area contributed by atoms with Crippen molar-refractivity contribution in [3.05, 3.63) is 11.3 Å². The highest BCUT2D eigenvalue weighted by molar-refractivity contribution is 7.10. The number of aryl methyl sites for hydroxylation is 1. The van der Waals surface area contributed by atoms with Gasteiger partial charge in [-0.05, 0) is 31.8 Å². The molecule has 0 fully saturated rings. The Hall–Kier alpha value is -1.63. The maximum absolute atomic E-state index is 12.0. The lowest BCUT2D eigenvalue weighted by Gasteiger charge is -2.13. The largest absolute Gasteiger partial charge is 0.449 e. The summed E-state index contributed by atoms with van der Waals surface area (Å²) >= 11 is 1.19. The maximum atomic E-state index is 12.0. The lowest BCUT2D eigenvalue weighted by molar-refractivity contribution is -0.129. The van der Waals surface area contributed by atoms with Crippen LogP contribution in [0.1, 0.15) is 36.3 Å². The van der Waals surface area contributed by atoms with Crippen molar-refractivity contribution in [2.24, 2.45) is 0 Å². The number of ether oxygens (including phenoxy) is 1. The van der Waals surface area contributed by atoms with Gasteiger partial charge in [0, 0.05) is 13.6 Å². The molecule has 0 radical (unpaired) electrons. The van der Waals surface area contributed by atoms with Crippen LogP contribution in [0.5, 0.6) is 0 Å². The average molecular weight is 285 g/mol. The standard InChI is InChI=1S/C12H19N3O3S/c1-5-6-14-10(16)8(3)18-12(17)9-7(2)15-19-11(9)13-4/h8,13H,5-6H2,1-4H3,(H,14,16). The molecule has 1 heterocycles. The molecule has 6 nitrogen and oxygen atoms in total. The Bertz CT molecular complexity index is 459. The van der Waals surface area contributed by atoms with Crippen molar-refractivity contribution in [1.82, 2.24) is 9.69 Å². The number of aromatic nitrogens is 1. The minimum Gasteiger partial charge on any atom is -0.449 e. The number of amides is 1. The molecule has 106 valence electrons. The number of hydrogen-bond donors (Lipinski definition) is 2. The second kappa shape index (κ2) is 7.08. The Morgan fingerprint density at radius 1 is 1.47 bits per heavy atom. The van der Waals surface area contributed by atoms with Gasteiger partial charge in [0.2, 0.25) is 0 Å². The van der Waals surface area contributed by atoms with Crippen LogP contribution < -0.4 is 10.6 Å². The van der Waals surface area contributed by atoms with Crippen molar-refractivity contribution in [3.8, 4) is 0 Å². The molecular formula is C12H19N3O3S. The summed E-state index contributed by atoms with van der Waals surface area (Å²) in [4.78, 5) is 23.6. The number of nitrogens with one attached hydrogen (secondary N) is 2. The Balaban J connectivity index is 2.68. The number of esters is 1. The number of nitrogens with zero attached hydrogens (tertiary/aromatic N) is 1. The third-order valence-electron chi connectivity index (χ3n) is 2.50. The molecule has 1 aromatic heterocycles. The summed E-state index contributed by atoms with van der Waals surface area (Å²) in [6, 6.07) is 0. The van der Waals surface area contributed by atoms with Crippen molar-refractivity contribution in [2.45, 2.75) is 33.3 Å². The van der Waals surface area contributed by atoms with Crippen LogP contribution in [0, 0.1) is 6.92 Å². The number of anilines is 1. The second-order valence-electron chi connectivity index (χ2n) is 4.06. The van der Waals surface area contributed by atoms with Crippen LogP contribution in [-0.4, -0.2) is 35.9 Å². The van der Waals surface area contributed by atoms with Crippen LogP contribution in [0.3, 0.4) is 0 Å². The van der Waals surface area contributed by atoms with Gasteiger partial charge in [-0.2, -0.15) is 4.37 Å². The Kier molecular flexibility index (Phi) is 5.75. The van der Waals surface area contributed by atoms with Gasteiger partial charge in [-0.3, -0.25) is 4.79 Å². The first-order chi connectivity index (χ1) is 9.01. The van der Waals surface area contributed by atoms with E-state index in [4.69, 9.17) is 4.74 Å². The molecule has 0 aliphatic carbocycles. The zero-order chi connectivity index (χ0) is 14.4. The van der Waals surface area contributed by atoms with E-state index in [2.05, 4.69) is 15.0 Å². The summed E-state index contributed by atoms with van der Waals surface area (Å²) in [5.74, 6) is -0.822. The number of rotatable bonds is 6. The van der Waals surface area contributed by atoms with Crippen LogP contribution in [0.2, 0.25) is 0 Å². The van der Waals surface area contributed by atoms with E-state index in [9.17, 15) is 9.59 Å². The van der Waals surface area contributed by atoms with Gasteiger partial charge in [0.25, 0.3) is 5.91 Å². The first-order valence-corrected chi connectivity index (χ1v) is 6.91. The summed E-state index contributed by atoms with van der Waals surface area (Å²) in [6.07, 6.45) is 0.0206. The molecule has 0 aliphatic rings. The molecule has 1 aromatic rings. The predicted octanol–water partition coefficient (Wildman–Crippen LogP) is 1.56. The normalized spacial score (nSPS) is 11.8. The van der Waals surface area contributed by atoms with Gasteiger partial charge in [-0.1, -0.05) is 6.92 Å². The van der Waals surface area contributed by atoms with Gasteiger partial charge in [-0.15, -0.1) is 0 Å². The topological polar surface area (TPSA) is 80.3 Å². The monoisotopic (exact) mass is 285 g/mol. The van der Waals surface area contributed by atoms with Gasteiger partial charge >= 0.3 is 5.97 Å². The summed E-state index contributed by atoms with van der Waals surface area (Å²) in [5, 5.41) is 6.21.